The lowest BCUT2D eigenvalue weighted by Crippen LogP contribution is -2.43. The van der Waals surface area contributed by atoms with Gasteiger partial charge < -0.3 is 4.74 Å². The Morgan fingerprint density at radius 1 is 1.12 bits per heavy atom. The Balaban J connectivity index is 1.91. The van der Waals surface area contributed by atoms with Crippen LogP contribution in [-0.2, 0) is 14.8 Å². The molecule has 2 aromatic rings. The highest BCUT2D eigenvalue weighted by Gasteiger charge is 2.20. The molecule has 10 heteroatoms. The number of carbonyl (C=O) groups is 1. The summed E-state index contributed by atoms with van der Waals surface area (Å²) in [4.78, 5) is 12.6. The minimum Gasteiger partial charge on any atom is -0.484 e. The molecule has 6 nitrogen and oxygen atoms in total. The van der Waals surface area contributed by atoms with Crippen LogP contribution in [0.5, 0.6) is 5.75 Å². The Morgan fingerprint density at radius 3 is 2.42 bits per heavy atom. The number of rotatable bonds is 6. The fourth-order valence-electron chi connectivity index (χ4n) is 1.59. The Kier molecular flexibility index (Phi) is 5.71. The lowest BCUT2D eigenvalue weighted by atomic mass is 10.3. The molecular formula is C14H11ClF2N2O4S. The second-order valence-corrected chi connectivity index (χ2v) is 6.56. The number of amides is 1. The number of hydrogen-bond acceptors (Lipinski definition) is 4. The van der Waals surface area contributed by atoms with Gasteiger partial charge in [-0.1, -0.05) is 11.6 Å². The summed E-state index contributed by atoms with van der Waals surface area (Å²) >= 11 is 5.54. The van der Waals surface area contributed by atoms with E-state index in [4.69, 9.17) is 16.3 Å². The van der Waals surface area contributed by atoms with Crippen LogP contribution in [0, 0.1) is 11.6 Å². The van der Waals surface area contributed by atoms with Crippen LogP contribution in [0.25, 0.3) is 0 Å². The third-order valence-corrected chi connectivity index (χ3v) is 4.21. The third-order valence-electron chi connectivity index (χ3n) is 2.69. The number of sulfonamides is 1. The van der Waals surface area contributed by atoms with E-state index in [-0.39, 0.29) is 10.8 Å². The second-order valence-electron chi connectivity index (χ2n) is 4.47. The predicted molar refractivity (Wildman–Crippen MR) is 81.8 cm³/mol. The standard InChI is InChI=1S/C14H11ClF2N2O4S/c15-9-1-6-13(12(17)7-9)24(21,22)19-18-14(20)8-23-11-4-2-10(16)3-5-11/h1-7,19H,8H2,(H,18,20). The molecule has 0 radical (unpaired) electrons. The molecule has 0 aliphatic carbocycles. The number of benzene rings is 2. The van der Waals surface area contributed by atoms with E-state index in [9.17, 15) is 22.0 Å². The van der Waals surface area contributed by atoms with E-state index in [0.717, 1.165) is 24.3 Å². The van der Waals surface area contributed by atoms with E-state index in [1.807, 2.05) is 5.43 Å². The van der Waals surface area contributed by atoms with Crippen molar-refractivity contribution < 1.29 is 26.7 Å². The molecule has 0 aliphatic heterocycles. The van der Waals surface area contributed by atoms with Crippen molar-refractivity contribution in [3.63, 3.8) is 0 Å². The molecule has 0 bridgehead atoms. The molecule has 0 heterocycles. The molecule has 0 spiro atoms. The van der Waals surface area contributed by atoms with Gasteiger partial charge in [-0.05, 0) is 42.5 Å². The molecular weight excluding hydrogens is 366 g/mol. The maximum absolute atomic E-state index is 13.6. The van der Waals surface area contributed by atoms with Crippen molar-refractivity contribution >= 4 is 27.5 Å². The van der Waals surface area contributed by atoms with Gasteiger partial charge in [0, 0.05) is 5.02 Å². The highest BCUT2D eigenvalue weighted by Crippen LogP contribution is 2.18. The van der Waals surface area contributed by atoms with E-state index in [2.05, 4.69) is 0 Å². The van der Waals surface area contributed by atoms with E-state index < -0.39 is 39.1 Å². The van der Waals surface area contributed by atoms with Crippen LogP contribution in [0.2, 0.25) is 5.02 Å². The Bertz CT molecular complexity index is 844. The Hall–Kier alpha value is -2.23. The maximum atomic E-state index is 13.6. The molecule has 2 N–H and O–H groups in total. The topological polar surface area (TPSA) is 84.5 Å². The van der Waals surface area contributed by atoms with Gasteiger partial charge in [0.2, 0.25) is 0 Å². The lowest BCUT2D eigenvalue weighted by molar-refractivity contribution is -0.123. The van der Waals surface area contributed by atoms with Gasteiger partial charge in [0.15, 0.2) is 6.61 Å². The number of carbonyl (C=O) groups excluding carboxylic acids is 1. The van der Waals surface area contributed by atoms with Gasteiger partial charge in [0.1, 0.15) is 22.3 Å². The number of hydrogen-bond donors (Lipinski definition) is 2. The fourth-order valence-corrected chi connectivity index (χ4v) is 2.67. The molecule has 2 rings (SSSR count). The quantitative estimate of drug-likeness (QED) is 0.755. The first kappa shape index (κ1) is 18.1. The minimum atomic E-state index is -4.31. The van der Waals surface area contributed by atoms with Gasteiger partial charge in [-0.15, -0.1) is 4.83 Å². The van der Waals surface area contributed by atoms with Gasteiger partial charge in [-0.25, -0.2) is 17.2 Å². The molecule has 0 unspecified atom stereocenters. The highest BCUT2D eigenvalue weighted by molar-refractivity contribution is 7.89. The van der Waals surface area contributed by atoms with E-state index in [1.165, 1.54) is 18.2 Å². The first-order valence-corrected chi connectivity index (χ1v) is 8.28. The number of ether oxygens (including phenoxy) is 1. The summed E-state index contributed by atoms with van der Waals surface area (Å²) in [6.07, 6.45) is 0. The van der Waals surface area contributed by atoms with Crippen LogP contribution < -0.4 is 15.0 Å². The Morgan fingerprint density at radius 2 is 1.79 bits per heavy atom. The monoisotopic (exact) mass is 376 g/mol. The van der Waals surface area contributed by atoms with Gasteiger partial charge in [0.05, 0.1) is 0 Å². The van der Waals surface area contributed by atoms with Gasteiger partial charge in [-0.3, -0.25) is 10.2 Å². The summed E-state index contributed by atoms with van der Waals surface area (Å²) < 4.78 is 55.1. The van der Waals surface area contributed by atoms with Crippen molar-refractivity contribution in [1.29, 1.82) is 0 Å². The van der Waals surface area contributed by atoms with Crippen LogP contribution in [0.4, 0.5) is 8.78 Å². The molecule has 0 saturated carbocycles. The zero-order chi connectivity index (χ0) is 17.7. The van der Waals surface area contributed by atoms with E-state index >= 15 is 0 Å². The minimum absolute atomic E-state index is 0.0307. The average molecular weight is 377 g/mol. The summed E-state index contributed by atoms with van der Waals surface area (Å²) in [6, 6.07) is 7.86. The van der Waals surface area contributed by atoms with Crippen molar-refractivity contribution in [2.24, 2.45) is 0 Å². The maximum Gasteiger partial charge on any atom is 0.272 e. The molecule has 1 amide bonds. The summed E-state index contributed by atoms with van der Waals surface area (Å²) in [7, 11) is -4.31. The Labute approximate surface area is 141 Å². The van der Waals surface area contributed by atoms with Crippen molar-refractivity contribution in [2.45, 2.75) is 4.90 Å². The van der Waals surface area contributed by atoms with Crippen LogP contribution in [0.1, 0.15) is 0 Å². The van der Waals surface area contributed by atoms with Crippen molar-refractivity contribution in [2.75, 3.05) is 6.61 Å². The smallest absolute Gasteiger partial charge is 0.272 e. The zero-order valence-corrected chi connectivity index (χ0v) is 13.5. The first-order chi connectivity index (χ1) is 11.3. The lowest BCUT2D eigenvalue weighted by Gasteiger charge is -2.10. The van der Waals surface area contributed by atoms with Gasteiger partial charge in [0.25, 0.3) is 15.9 Å². The normalized spacial score (nSPS) is 11.1. The van der Waals surface area contributed by atoms with E-state index in [0.29, 0.717) is 0 Å². The number of nitrogens with one attached hydrogen (secondary N) is 2. The molecule has 0 aromatic heterocycles. The molecule has 0 saturated heterocycles. The van der Waals surface area contributed by atoms with Crippen molar-refractivity contribution in [3.8, 4) is 5.75 Å². The van der Waals surface area contributed by atoms with Crippen LogP contribution >= 0.6 is 11.6 Å². The molecule has 2 aromatic carbocycles. The third kappa shape index (κ3) is 4.88. The van der Waals surface area contributed by atoms with Gasteiger partial charge in [-0.2, -0.15) is 0 Å². The van der Waals surface area contributed by atoms with Crippen molar-refractivity contribution in [1.82, 2.24) is 10.3 Å². The number of halogens is 3. The molecule has 0 atom stereocenters. The average Bonchev–Trinajstić information content (AvgIpc) is 2.52. The summed E-state index contributed by atoms with van der Waals surface area (Å²) in [5.41, 5.74) is 1.87. The summed E-state index contributed by atoms with van der Waals surface area (Å²) in [6.45, 7) is -0.531. The van der Waals surface area contributed by atoms with Gasteiger partial charge >= 0.3 is 0 Å². The van der Waals surface area contributed by atoms with Crippen LogP contribution in [0.15, 0.2) is 47.4 Å². The van der Waals surface area contributed by atoms with Crippen LogP contribution in [-0.4, -0.2) is 20.9 Å². The molecule has 24 heavy (non-hydrogen) atoms. The highest BCUT2D eigenvalue weighted by atomic mass is 35.5. The second kappa shape index (κ2) is 7.56. The SMILES string of the molecule is O=C(COc1ccc(F)cc1)NNS(=O)(=O)c1ccc(Cl)cc1F. The van der Waals surface area contributed by atoms with Crippen molar-refractivity contribution in [3.05, 3.63) is 59.1 Å². The largest absolute Gasteiger partial charge is 0.484 e. The van der Waals surface area contributed by atoms with E-state index in [1.54, 1.807) is 4.83 Å². The summed E-state index contributed by atoms with van der Waals surface area (Å²) in [5, 5.41) is 0.0307. The molecule has 0 aliphatic rings. The fraction of sp³-hybridized carbons (Fsp3) is 0.0714. The van der Waals surface area contributed by atoms with Crippen LogP contribution in [0.3, 0.4) is 0 Å². The first-order valence-electron chi connectivity index (χ1n) is 6.42. The molecule has 0 fully saturated rings. The summed E-state index contributed by atoms with van der Waals surface area (Å²) in [5.74, 6) is -2.15. The molecule has 128 valence electrons. The zero-order valence-electron chi connectivity index (χ0n) is 11.9. The predicted octanol–water partition coefficient (Wildman–Crippen LogP) is 2.01. The number of hydrazine groups is 1.